The van der Waals surface area contributed by atoms with E-state index < -0.39 is 0 Å². The minimum absolute atomic E-state index is 0.738. The highest BCUT2D eigenvalue weighted by atomic mass is 16.5. The molecule has 0 aliphatic carbocycles. The molecule has 0 fully saturated rings. The molecule has 0 spiro atoms. The molecule has 0 bridgehead atoms. The highest BCUT2D eigenvalue weighted by Gasteiger charge is 1.95. The Morgan fingerprint density at radius 3 is 2.60 bits per heavy atom. The Labute approximate surface area is 61.6 Å². The lowest BCUT2D eigenvalue weighted by molar-refractivity contribution is 0.411. The second-order valence-electron chi connectivity index (χ2n) is 2.23. The number of hydrogen-bond acceptors (Lipinski definition) is 1. The number of rotatable bonds is 1. The van der Waals surface area contributed by atoms with E-state index in [1.54, 1.807) is 7.11 Å². The molecular weight excluding hydrogens is 124 g/mol. The molecule has 0 N–H and O–H groups in total. The summed E-state index contributed by atoms with van der Waals surface area (Å²) in [5, 5.41) is 0. The van der Waals surface area contributed by atoms with Gasteiger partial charge in [0.2, 0.25) is 0 Å². The van der Waals surface area contributed by atoms with Crippen LogP contribution in [0.15, 0.2) is 18.2 Å². The molecule has 1 rings (SSSR count). The van der Waals surface area contributed by atoms with Gasteiger partial charge in [0.15, 0.2) is 0 Å². The summed E-state index contributed by atoms with van der Waals surface area (Å²) in [7, 11) is 1.64. The van der Waals surface area contributed by atoms with Crippen LogP contribution in [0.2, 0.25) is 0 Å². The highest BCUT2D eigenvalue weighted by molar-refractivity contribution is 5.37. The summed E-state index contributed by atoms with van der Waals surface area (Å²) >= 11 is 0. The maximum atomic E-state index is 5.52. The van der Waals surface area contributed by atoms with E-state index in [4.69, 9.17) is 11.7 Å². The van der Waals surface area contributed by atoms with Gasteiger partial charge >= 0.3 is 0 Å². The largest absolute Gasteiger partial charge is 0.496 e. The van der Waals surface area contributed by atoms with Gasteiger partial charge in [-0.3, -0.25) is 0 Å². The predicted octanol–water partition coefficient (Wildman–Crippen LogP) is 2.06. The van der Waals surface area contributed by atoms with Crippen molar-refractivity contribution < 1.29 is 4.74 Å². The Morgan fingerprint density at radius 2 is 2.10 bits per heavy atom. The first-order valence-corrected chi connectivity index (χ1v) is 3.14. The van der Waals surface area contributed by atoms with Gasteiger partial charge in [0.05, 0.1) is 7.11 Å². The van der Waals surface area contributed by atoms with Crippen molar-refractivity contribution in [3.63, 3.8) is 0 Å². The quantitative estimate of drug-likeness (QED) is 0.571. The SMILES string of the molecule is [CH]c1ccc(C)c(OC)c1. The van der Waals surface area contributed by atoms with Crippen molar-refractivity contribution in [3.05, 3.63) is 36.2 Å². The Balaban J connectivity index is 3.09. The van der Waals surface area contributed by atoms with Crippen LogP contribution >= 0.6 is 0 Å². The van der Waals surface area contributed by atoms with Crippen LogP contribution in [0.4, 0.5) is 0 Å². The van der Waals surface area contributed by atoms with Crippen LogP contribution in [0.3, 0.4) is 0 Å². The fraction of sp³-hybridized carbons (Fsp3) is 0.222. The molecule has 0 aliphatic heterocycles. The van der Waals surface area contributed by atoms with Gasteiger partial charge in [-0.2, -0.15) is 0 Å². The zero-order valence-electron chi connectivity index (χ0n) is 6.22. The molecule has 0 aliphatic rings. The van der Waals surface area contributed by atoms with E-state index in [-0.39, 0.29) is 0 Å². The number of ether oxygens (including phenoxy) is 1. The summed E-state index contributed by atoms with van der Waals surface area (Å²) in [6, 6.07) is 5.61. The molecule has 2 radical (unpaired) electrons. The summed E-state index contributed by atoms with van der Waals surface area (Å²) in [5.41, 5.74) is 1.85. The van der Waals surface area contributed by atoms with Gasteiger partial charge in [-0.15, -0.1) is 0 Å². The van der Waals surface area contributed by atoms with Crippen molar-refractivity contribution in [2.75, 3.05) is 7.11 Å². The van der Waals surface area contributed by atoms with Crippen molar-refractivity contribution in [2.24, 2.45) is 0 Å². The molecule has 0 saturated heterocycles. The van der Waals surface area contributed by atoms with E-state index in [1.807, 2.05) is 25.1 Å². The Hall–Kier alpha value is -0.980. The number of aryl methyl sites for hydroxylation is 1. The third-order valence-electron chi connectivity index (χ3n) is 1.43. The molecule has 10 heavy (non-hydrogen) atoms. The van der Waals surface area contributed by atoms with Crippen LogP contribution in [-0.4, -0.2) is 7.11 Å². The number of benzene rings is 1. The van der Waals surface area contributed by atoms with Crippen LogP contribution in [0.1, 0.15) is 11.1 Å². The smallest absolute Gasteiger partial charge is 0.122 e. The molecule has 1 nitrogen and oxygen atoms in total. The fourth-order valence-corrected chi connectivity index (χ4v) is 0.837. The lowest BCUT2D eigenvalue weighted by atomic mass is 10.1. The first-order chi connectivity index (χ1) is 4.74. The summed E-state index contributed by atoms with van der Waals surface area (Å²) in [6.45, 7) is 7.51. The Morgan fingerprint density at radius 1 is 1.40 bits per heavy atom. The molecular formula is C9H10O. The third kappa shape index (κ3) is 1.29. The zero-order chi connectivity index (χ0) is 7.56. The third-order valence-corrected chi connectivity index (χ3v) is 1.43. The van der Waals surface area contributed by atoms with E-state index >= 15 is 0 Å². The van der Waals surface area contributed by atoms with Crippen molar-refractivity contribution in [3.8, 4) is 5.75 Å². The molecule has 52 valence electrons. The van der Waals surface area contributed by atoms with Crippen LogP contribution in [0.25, 0.3) is 0 Å². The average Bonchev–Trinajstić information content (AvgIpc) is 1.94. The lowest BCUT2D eigenvalue weighted by Gasteiger charge is -2.03. The van der Waals surface area contributed by atoms with Crippen LogP contribution < -0.4 is 4.74 Å². The monoisotopic (exact) mass is 134 g/mol. The maximum Gasteiger partial charge on any atom is 0.122 e. The molecule has 1 aromatic carbocycles. The molecule has 1 aromatic rings. The zero-order valence-corrected chi connectivity index (χ0v) is 6.22. The van der Waals surface area contributed by atoms with Crippen molar-refractivity contribution in [1.29, 1.82) is 0 Å². The van der Waals surface area contributed by atoms with Crippen molar-refractivity contribution >= 4 is 0 Å². The second-order valence-corrected chi connectivity index (χ2v) is 2.23. The molecule has 1 heteroatoms. The minimum atomic E-state index is 0.738. The van der Waals surface area contributed by atoms with Gasteiger partial charge < -0.3 is 4.74 Å². The Bertz CT molecular complexity index is 228. The highest BCUT2D eigenvalue weighted by Crippen LogP contribution is 2.17. The number of hydrogen-bond donors (Lipinski definition) is 0. The lowest BCUT2D eigenvalue weighted by Crippen LogP contribution is -1.86. The van der Waals surface area contributed by atoms with Gasteiger partial charge in [0.1, 0.15) is 5.75 Å². The van der Waals surface area contributed by atoms with Gasteiger partial charge in [-0.05, 0) is 31.0 Å². The van der Waals surface area contributed by atoms with Crippen LogP contribution in [-0.2, 0) is 0 Å². The molecule has 0 atom stereocenters. The summed E-state index contributed by atoms with van der Waals surface area (Å²) in [4.78, 5) is 0. The molecule has 0 unspecified atom stereocenters. The average molecular weight is 134 g/mol. The normalized spacial score (nSPS) is 9.50. The van der Waals surface area contributed by atoms with Gasteiger partial charge in [-0.25, -0.2) is 0 Å². The summed E-state index contributed by atoms with van der Waals surface area (Å²) < 4.78 is 5.05. The van der Waals surface area contributed by atoms with E-state index in [2.05, 4.69) is 0 Å². The van der Waals surface area contributed by atoms with E-state index in [1.165, 1.54) is 0 Å². The standard InChI is InChI=1S/C9H10O/c1-7-4-5-8(2)9(6-7)10-3/h1,4-6H,2-3H3. The summed E-state index contributed by atoms with van der Waals surface area (Å²) in [5.74, 6) is 0.847. The molecule has 0 heterocycles. The van der Waals surface area contributed by atoms with Gasteiger partial charge in [0.25, 0.3) is 0 Å². The summed E-state index contributed by atoms with van der Waals surface area (Å²) in [6.07, 6.45) is 0. The molecule has 0 amide bonds. The predicted molar refractivity (Wildman–Crippen MR) is 41.1 cm³/mol. The van der Waals surface area contributed by atoms with E-state index in [9.17, 15) is 0 Å². The first-order valence-electron chi connectivity index (χ1n) is 3.14. The second kappa shape index (κ2) is 2.74. The van der Waals surface area contributed by atoms with E-state index in [0.29, 0.717) is 0 Å². The molecule has 0 saturated carbocycles. The topological polar surface area (TPSA) is 9.23 Å². The van der Waals surface area contributed by atoms with Crippen molar-refractivity contribution in [1.82, 2.24) is 0 Å². The number of methoxy groups -OCH3 is 1. The van der Waals surface area contributed by atoms with Crippen LogP contribution in [0, 0.1) is 13.8 Å². The fourth-order valence-electron chi connectivity index (χ4n) is 0.837. The first kappa shape index (κ1) is 7.13. The molecule has 0 aromatic heterocycles. The van der Waals surface area contributed by atoms with E-state index in [0.717, 1.165) is 16.9 Å². The Kier molecular flexibility index (Phi) is 1.95. The maximum absolute atomic E-state index is 5.52. The minimum Gasteiger partial charge on any atom is -0.496 e. The van der Waals surface area contributed by atoms with Crippen LogP contribution in [0.5, 0.6) is 5.75 Å². The van der Waals surface area contributed by atoms with Crippen molar-refractivity contribution in [2.45, 2.75) is 6.92 Å². The van der Waals surface area contributed by atoms with Gasteiger partial charge in [-0.1, -0.05) is 12.1 Å². The van der Waals surface area contributed by atoms with Gasteiger partial charge in [0, 0.05) is 0 Å².